The van der Waals surface area contributed by atoms with Crippen LogP contribution in [0.15, 0.2) is 6.07 Å². The topological polar surface area (TPSA) is 69.2 Å². The molecule has 0 aromatic carbocycles. The van der Waals surface area contributed by atoms with Crippen LogP contribution in [-0.4, -0.2) is 45.8 Å². The standard InChI is InChI=1S/C16H25N3O2/c20-11-12-5-4-8-19(10-12)16(21)15-9-14(17-18-15)13-6-2-1-3-7-13/h9,12-13,20H,1-8,10-11H2,(H,17,18). The lowest BCUT2D eigenvalue weighted by Gasteiger charge is -2.31. The number of likely N-dealkylation sites (tertiary alicyclic amines) is 1. The van der Waals surface area contributed by atoms with Crippen molar-refractivity contribution in [1.29, 1.82) is 0 Å². The van der Waals surface area contributed by atoms with Crippen molar-refractivity contribution >= 4 is 5.91 Å². The summed E-state index contributed by atoms with van der Waals surface area (Å²) >= 11 is 0. The van der Waals surface area contributed by atoms with E-state index in [4.69, 9.17) is 0 Å². The van der Waals surface area contributed by atoms with E-state index in [1.807, 2.05) is 11.0 Å². The summed E-state index contributed by atoms with van der Waals surface area (Å²) in [6.45, 7) is 1.60. The van der Waals surface area contributed by atoms with Crippen molar-refractivity contribution in [3.63, 3.8) is 0 Å². The number of hydrogen-bond donors (Lipinski definition) is 2. The summed E-state index contributed by atoms with van der Waals surface area (Å²) in [7, 11) is 0. The number of amides is 1. The van der Waals surface area contributed by atoms with Crippen molar-refractivity contribution in [1.82, 2.24) is 15.1 Å². The largest absolute Gasteiger partial charge is 0.396 e. The number of piperidine rings is 1. The number of aliphatic hydroxyl groups excluding tert-OH is 1. The van der Waals surface area contributed by atoms with Crippen LogP contribution in [0.4, 0.5) is 0 Å². The van der Waals surface area contributed by atoms with Crippen molar-refractivity contribution in [2.75, 3.05) is 19.7 Å². The number of carbonyl (C=O) groups excluding carboxylic acids is 1. The summed E-state index contributed by atoms with van der Waals surface area (Å²) in [5, 5.41) is 16.6. The van der Waals surface area contributed by atoms with Crippen LogP contribution in [0, 0.1) is 5.92 Å². The molecule has 1 atom stereocenters. The van der Waals surface area contributed by atoms with Gasteiger partial charge in [-0.1, -0.05) is 19.3 Å². The molecule has 1 aliphatic heterocycles. The second kappa shape index (κ2) is 6.60. The Morgan fingerprint density at radius 2 is 2.10 bits per heavy atom. The molecule has 116 valence electrons. The molecule has 1 amide bonds. The van der Waals surface area contributed by atoms with E-state index >= 15 is 0 Å². The first-order valence-electron chi connectivity index (χ1n) is 8.23. The van der Waals surface area contributed by atoms with Gasteiger partial charge in [0.2, 0.25) is 0 Å². The molecule has 2 N–H and O–H groups in total. The maximum absolute atomic E-state index is 12.5. The second-order valence-electron chi connectivity index (χ2n) is 6.49. The molecule has 1 saturated carbocycles. The van der Waals surface area contributed by atoms with E-state index in [-0.39, 0.29) is 18.4 Å². The van der Waals surface area contributed by atoms with E-state index in [1.54, 1.807) is 0 Å². The van der Waals surface area contributed by atoms with E-state index in [9.17, 15) is 9.90 Å². The van der Waals surface area contributed by atoms with Gasteiger partial charge in [-0.2, -0.15) is 5.10 Å². The molecule has 1 unspecified atom stereocenters. The van der Waals surface area contributed by atoms with Crippen LogP contribution in [-0.2, 0) is 0 Å². The summed E-state index contributed by atoms with van der Waals surface area (Å²) < 4.78 is 0. The van der Waals surface area contributed by atoms with Gasteiger partial charge >= 0.3 is 0 Å². The van der Waals surface area contributed by atoms with Gasteiger partial charge in [-0.05, 0) is 37.7 Å². The first-order chi connectivity index (χ1) is 10.3. The molecule has 2 aliphatic rings. The number of carbonyl (C=O) groups is 1. The quantitative estimate of drug-likeness (QED) is 0.898. The van der Waals surface area contributed by atoms with E-state index in [1.165, 1.54) is 32.1 Å². The van der Waals surface area contributed by atoms with Crippen molar-refractivity contribution in [2.45, 2.75) is 50.9 Å². The van der Waals surface area contributed by atoms with Gasteiger partial charge in [0.25, 0.3) is 5.91 Å². The van der Waals surface area contributed by atoms with Crippen LogP contribution in [0.1, 0.15) is 67.0 Å². The summed E-state index contributed by atoms with van der Waals surface area (Å²) in [6, 6.07) is 1.95. The number of H-pyrrole nitrogens is 1. The number of nitrogens with one attached hydrogen (secondary N) is 1. The normalized spacial score (nSPS) is 24.2. The van der Waals surface area contributed by atoms with Crippen LogP contribution in [0.2, 0.25) is 0 Å². The zero-order valence-electron chi connectivity index (χ0n) is 12.6. The zero-order chi connectivity index (χ0) is 14.7. The summed E-state index contributed by atoms with van der Waals surface area (Å²) in [5.41, 5.74) is 1.66. The number of aromatic amines is 1. The Kier molecular flexibility index (Phi) is 4.58. The number of aromatic nitrogens is 2. The highest BCUT2D eigenvalue weighted by atomic mass is 16.3. The van der Waals surface area contributed by atoms with Crippen LogP contribution in [0.3, 0.4) is 0 Å². The lowest BCUT2D eigenvalue weighted by atomic mass is 9.87. The molecule has 0 radical (unpaired) electrons. The predicted octanol–water partition coefficient (Wildman–Crippen LogP) is 2.30. The van der Waals surface area contributed by atoms with Gasteiger partial charge in [0.15, 0.2) is 0 Å². The Labute approximate surface area is 125 Å². The molecule has 3 rings (SSSR count). The fraction of sp³-hybridized carbons (Fsp3) is 0.750. The molecule has 1 aromatic rings. The zero-order valence-corrected chi connectivity index (χ0v) is 12.6. The third-order valence-electron chi connectivity index (χ3n) is 4.93. The third kappa shape index (κ3) is 3.28. The molecule has 0 spiro atoms. The minimum atomic E-state index is 0.00598. The molecular formula is C16H25N3O2. The van der Waals surface area contributed by atoms with Gasteiger partial charge < -0.3 is 10.0 Å². The Balaban J connectivity index is 1.66. The van der Waals surface area contributed by atoms with E-state index in [0.717, 1.165) is 25.1 Å². The van der Waals surface area contributed by atoms with Gasteiger partial charge in [0, 0.05) is 31.3 Å². The highest BCUT2D eigenvalue weighted by molar-refractivity contribution is 5.92. The molecule has 21 heavy (non-hydrogen) atoms. The minimum Gasteiger partial charge on any atom is -0.396 e. The number of aliphatic hydroxyl groups is 1. The Bertz CT molecular complexity index is 480. The maximum Gasteiger partial charge on any atom is 0.274 e. The second-order valence-corrected chi connectivity index (χ2v) is 6.49. The first-order valence-corrected chi connectivity index (χ1v) is 8.23. The van der Waals surface area contributed by atoms with E-state index in [0.29, 0.717) is 18.2 Å². The molecule has 1 saturated heterocycles. The van der Waals surface area contributed by atoms with Crippen molar-refractivity contribution in [2.24, 2.45) is 5.92 Å². The van der Waals surface area contributed by atoms with Gasteiger partial charge in [0.1, 0.15) is 5.69 Å². The van der Waals surface area contributed by atoms with Crippen molar-refractivity contribution in [3.8, 4) is 0 Å². The number of rotatable bonds is 3. The van der Waals surface area contributed by atoms with Crippen LogP contribution in [0.25, 0.3) is 0 Å². The van der Waals surface area contributed by atoms with Crippen molar-refractivity contribution < 1.29 is 9.90 Å². The summed E-state index contributed by atoms with van der Waals surface area (Å²) in [5.74, 6) is 0.769. The lowest BCUT2D eigenvalue weighted by Crippen LogP contribution is -2.41. The van der Waals surface area contributed by atoms with Gasteiger partial charge in [0.05, 0.1) is 0 Å². The summed E-state index contributed by atoms with van der Waals surface area (Å²) in [6.07, 6.45) is 8.25. The monoisotopic (exact) mass is 291 g/mol. The Morgan fingerprint density at radius 1 is 1.29 bits per heavy atom. The van der Waals surface area contributed by atoms with Gasteiger partial charge in [-0.25, -0.2) is 0 Å². The van der Waals surface area contributed by atoms with Crippen LogP contribution in [0.5, 0.6) is 0 Å². The highest BCUT2D eigenvalue weighted by Crippen LogP contribution is 2.31. The molecule has 2 fully saturated rings. The van der Waals surface area contributed by atoms with Crippen molar-refractivity contribution in [3.05, 3.63) is 17.5 Å². The SMILES string of the molecule is O=C(c1cc(C2CCCCC2)[nH]n1)N1CCCC(CO)C1. The molecule has 0 bridgehead atoms. The van der Waals surface area contributed by atoms with Crippen LogP contribution < -0.4 is 0 Å². The van der Waals surface area contributed by atoms with Gasteiger partial charge in [-0.15, -0.1) is 0 Å². The smallest absolute Gasteiger partial charge is 0.274 e. The number of hydrogen-bond acceptors (Lipinski definition) is 3. The molecule has 5 heteroatoms. The van der Waals surface area contributed by atoms with Crippen LogP contribution >= 0.6 is 0 Å². The Hall–Kier alpha value is -1.36. The van der Waals surface area contributed by atoms with E-state index in [2.05, 4.69) is 10.2 Å². The summed E-state index contributed by atoms with van der Waals surface area (Å²) in [4.78, 5) is 14.4. The van der Waals surface area contributed by atoms with E-state index < -0.39 is 0 Å². The molecule has 2 heterocycles. The highest BCUT2D eigenvalue weighted by Gasteiger charge is 2.26. The fourth-order valence-corrected chi connectivity index (χ4v) is 3.63. The first kappa shape index (κ1) is 14.6. The maximum atomic E-state index is 12.5. The predicted molar refractivity (Wildman–Crippen MR) is 80.1 cm³/mol. The Morgan fingerprint density at radius 3 is 2.86 bits per heavy atom. The average molecular weight is 291 g/mol. The fourth-order valence-electron chi connectivity index (χ4n) is 3.63. The molecule has 1 aromatic heterocycles. The minimum absolute atomic E-state index is 0.00598. The third-order valence-corrected chi connectivity index (χ3v) is 4.93. The average Bonchev–Trinajstić information content (AvgIpc) is 3.05. The van der Waals surface area contributed by atoms with Gasteiger partial charge in [-0.3, -0.25) is 9.89 Å². The lowest BCUT2D eigenvalue weighted by molar-refractivity contribution is 0.0615. The molecule has 5 nitrogen and oxygen atoms in total. The molecular weight excluding hydrogens is 266 g/mol. The number of nitrogens with zero attached hydrogens (tertiary/aromatic N) is 2. The molecule has 1 aliphatic carbocycles.